The summed E-state index contributed by atoms with van der Waals surface area (Å²) in [7, 11) is 0. The molecule has 2 aliphatic rings. The standard InChI is InChI=1S/C10H12N2O3/c1-3-5-7(13)6-4(2)9(14)11-8(6)12-10(5)15/h4-6H,3H2,1-2H3,(H,11,12,14,15)/t4-,5+,6-/m1/s1. The number of hydrogen-bond acceptors (Lipinski definition) is 3. The van der Waals surface area contributed by atoms with Crippen molar-refractivity contribution >= 4 is 23.4 Å². The Morgan fingerprint density at radius 2 is 2.00 bits per heavy atom. The number of nitrogens with one attached hydrogen (secondary N) is 1. The quantitative estimate of drug-likeness (QED) is 0.611. The third-order valence-electron chi connectivity index (χ3n) is 3.04. The Balaban J connectivity index is 2.36. The second-order valence-electron chi connectivity index (χ2n) is 3.95. The number of rotatable bonds is 1. The molecule has 0 saturated carbocycles. The molecule has 1 saturated heterocycles. The lowest BCUT2D eigenvalue weighted by atomic mass is 9.80. The minimum atomic E-state index is -0.623. The van der Waals surface area contributed by atoms with Gasteiger partial charge in [-0.15, -0.1) is 0 Å². The summed E-state index contributed by atoms with van der Waals surface area (Å²) in [6.07, 6.45) is 0.468. The fourth-order valence-corrected chi connectivity index (χ4v) is 2.10. The zero-order valence-electron chi connectivity index (χ0n) is 8.61. The van der Waals surface area contributed by atoms with E-state index in [0.29, 0.717) is 6.42 Å². The maximum atomic E-state index is 11.9. The molecule has 80 valence electrons. The number of piperidine rings is 1. The van der Waals surface area contributed by atoms with Gasteiger partial charge in [-0.05, 0) is 6.42 Å². The SMILES string of the molecule is CC[C@@H]1C(=O)NC2=NC(=O)[C@H](C)[C@@H]2C1=O. The minimum absolute atomic E-state index is 0.168. The monoisotopic (exact) mass is 208 g/mol. The van der Waals surface area contributed by atoms with Crippen molar-refractivity contribution in [1.82, 2.24) is 5.32 Å². The van der Waals surface area contributed by atoms with Gasteiger partial charge in [-0.2, -0.15) is 4.99 Å². The number of carbonyl (C=O) groups excluding carboxylic acids is 3. The molecule has 3 atom stereocenters. The molecule has 0 aliphatic carbocycles. The highest BCUT2D eigenvalue weighted by atomic mass is 16.2. The summed E-state index contributed by atoms with van der Waals surface area (Å²) in [5.74, 6) is -2.16. The fourth-order valence-electron chi connectivity index (χ4n) is 2.10. The van der Waals surface area contributed by atoms with Gasteiger partial charge in [-0.3, -0.25) is 14.4 Å². The molecule has 1 fully saturated rings. The van der Waals surface area contributed by atoms with Crippen molar-refractivity contribution in [3.8, 4) is 0 Å². The highest BCUT2D eigenvalue weighted by Crippen LogP contribution is 2.29. The molecule has 15 heavy (non-hydrogen) atoms. The number of hydrogen-bond donors (Lipinski definition) is 1. The van der Waals surface area contributed by atoms with Gasteiger partial charge in [-0.1, -0.05) is 13.8 Å². The predicted octanol–water partition coefficient (Wildman–Crippen LogP) is -0.0975. The molecule has 0 radical (unpaired) electrons. The Kier molecular flexibility index (Phi) is 2.17. The van der Waals surface area contributed by atoms with E-state index in [9.17, 15) is 14.4 Å². The summed E-state index contributed by atoms with van der Waals surface area (Å²) in [5, 5.41) is 2.54. The van der Waals surface area contributed by atoms with Crippen molar-refractivity contribution < 1.29 is 14.4 Å². The average Bonchev–Trinajstić information content (AvgIpc) is 2.43. The van der Waals surface area contributed by atoms with Gasteiger partial charge in [-0.25, -0.2) is 0 Å². The highest BCUT2D eigenvalue weighted by molar-refractivity contribution is 6.26. The van der Waals surface area contributed by atoms with E-state index in [-0.39, 0.29) is 23.4 Å². The lowest BCUT2D eigenvalue weighted by Crippen LogP contribution is -2.52. The smallest absolute Gasteiger partial charge is 0.251 e. The van der Waals surface area contributed by atoms with Crippen molar-refractivity contribution in [2.75, 3.05) is 0 Å². The molecule has 1 N–H and O–H groups in total. The van der Waals surface area contributed by atoms with Crippen LogP contribution in [-0.4, -0.2) is 23.4 Å². The van der Waals surface area contributed by atoms with Crippen molar-refractivity contribution in [2.24, 2.45) is 22.7 Å². The van der Waals surface area contributed by atoms with Crippen molar-refractivity contribution in [3.05, 3.63) is 0 Å². The molecule has 2 amide bonds. The van der Waals surface area contributed by atoms with Crippen LogP contribution < -0.4 is 5.32 Å². The summed E-state index contributed by atoms with van der Waals surface area (Å²) < 4.78 is 0. The number of fused-ring (bicyclic) bond motifs is 1. The van der Waals surface area contributed by atoms with E-state index in [1.165, 1.54) is 0 Å². The third kappa shape index (κ3) is 1.30. The van der Waals surface area contributed by atoms with E-state index >= 15 is 0 Å². The van der Waals surface area contributed by atoms with Crippen LogP contribution in [-0.2, 0) is 14.4 Å². The summed E-state index contributed by atoms with van der Waals surface area (Å²) >= 11 is 0. The largest absolute Gasteiger partial charge is 0.313 e. The van der Waals surface area contributed by atoms with Crippen LogP contribution in [0.25, 0.3) is 0 Å². The van der Waals surface area contributed by atoms with Crippen LogP contribution in [0.3, 0.4) is 0 Å². The molecule has 0 unspecified atom stereocenters. The number of carbonyl (C=O) groups is 3. The molecule has 0 bridgehead atoms. The van der Waals surface area contributed by atoms with Gasteiger partial charge in [0.1, 0.15) is 5.84 Å². The molecule has 0 aromatic rings. The van der Waals surface area contributed by atoms with Gasteiger partial charge >= 0.3 is 0 Å². The van der Waals surface area contributed by atoms with Crippen LogP contribution in [0.1, 0.15) is 20.3 Å². The molecule has 5 heteroatoms. The molecule has 5 nitrogen and oxygen atoms in total. The Bertz CT molecular complexity index is 386. The predicted molar refractivity (Wildman–Crippen MR) is 52.0 cm³/mol. The molecule has 0 spiro atoms. The number of amides is 2. The second-order valence-corrected chi connectivity index (χ2v) is 3.95. The van der Waals surface area contributed by atoms with E-state index in [1.54, 1.807) is 13.8 Å². The zero-order valence-corrected chi connectivity index (χ0v) is 8.61. The topological polar surface area (TPSA) is 75.6 Å². The van der Waals surface area contributed by atoms with E-state index in [0.717, 1.165) is 0 Å². The third-order valence-corrected chi connectivity index (χ3v) is 3.04. The molecule has 0 aromatic heterocycles. The molecule has 2 heterocycles. The van der Waals surface area contributed by atoms with Gasteiger partial charge < -0.3 is 5.32 Å². The summed E-state index contributed by atoms with van der Waals surface area (Å²) in [6.45, 7) is 3.46. The maximum Gasteiger partial charge on any atom is 0.251 e. The van der Waals surface area contributed by atoms with Gasteiger partial charge in [0.15, 0.2) is 5.78 Å². The number of nitrogens with zero attached hydrogens (tertiary/aromatic N) is 1. The van der Waals surface area contributed by atoms with E-state index < -0.39 is 17.8 Å². The lowest BCUT2D eigenvalue weighted by Gasteiger charge is -2.26. The Morgan fingerprint density at radius 1 is 1.33 bits per heavy atom. The van der Waals surface area contributed by atoms with E-state index in [1.807, 2.05) is 0 Å². The number of Topliss-reactive ketones (excluding diaryl/α,β-unsaturated/α-hetero) is 1. The van der Waals surface area contributed by atoms with Gasteiger partial charge in [0, 0.05) is 0 Å². The molecule has 0 aromatic carbocycles. The van der Waals surface area contributed by atoms with Crippen LogP contribution in [0.2, 0.25) is 0 Å². The molecular formula is C10H12N2O3. The number of amidine groups is 1. The van der Waals surface area contributed by atoms with Gasteiger partial charge in [0.2, 0.25) is 5.91 Å². The van der Waals surface area contributed by atoms with Crippen molar-refractivity contribution in [2.45, 2.75) is 20.3 Å². The first-order valence-corrected chi connectivity index (χ1v) is 5.03. The minimum Gasteiger partial charge on any atom is -0.313 e. The fraction of sp³-hybridized carbons (Fsp3) is 0.600. The number of ketones is 1. The van der Waals surface area contributed by atoms with Crippen LogP contribution in [0.4, 0.5) is 0 Å². The van der Waals surface area contributed by atoms with Crippen LogP contribution in [0.5, 0.6) is 0 Å². The zero-order chi connectivity index (χ0) is 11.2. The molecule has 2 rings (SSSR count). The van der Waals surface area contributed by atoms with E-state index in [4.69, 9.17) is 0 Å². The van der Waals surface area contributed by atoms with E-state index in [2.05, 4.69) is 10.3 Å². The first kappa shape index (κ1) is 10.0. The lowest BCUT2D eigenvalue weighted by molar-refractivity contribution is -0.138. The first-order valence-electron chi connectivity index (χ1n) is 5.03. The van der Waals surface area contributed by atoms with Gasteiger partial charge in [0.25, 0.3) is 5.91 Å². The van der Waals surface area contributed by atoms with Crippen LogP contribution in [0.15, 0.2) is 4.99 Å². The Hall–Kier alpha value is -1.52. The van der Waals surface area contributed by atoms with Crippen LogP contribution in [0, 0.1) is 17.8 Å². The molecule has 2 aliphatic heterocycles. The van der Waals surface area contributed by atoms with Crippen LogP contribution >= 0.6 is 0 Å². The summed E-state index contributed by atoms with van der Waals surface area (Å²) in [6, 6.07) is 0. The first-order chi connectivity index (χ1) is 7.06. The van der Waals surface area contributed by atoms with Crippen molar-refractivity contribution in [3.63, 3.8) is 0 Å². The number of aliphatic imine (C=N–C) groups is 1. The van der Waals surface area contributed by atoms with Gasteiger partial charge in [0.05, 0.1) is 17.8 Å². The second kappa shape index (κ2) is 3.25. The normalized spacial score (nSPS) is 34.9. The Labute approximate surface area is 86.9 Å². The Morgan fingerprint density at radius 3 is 2.60 bits per heavy atom. The van der Waals surface area contributed by atoms with Crippen molar-refractivity contribution in [1.29, 1.82) is 0 Å². The highest BCUT2D eigenvalue weighted by Gasteiger charge is 2.48. The summed E-state index contributed by atoms with van der Waals surface area (Å²) in [4.78, 5) is 38.4. The maximum absolute atomic E-state index is 11.9. The average molecular weight is 208 g/mol. The summed E-state index contributed by atoms with van der Waals surface area (Å²) in [5.41, 5.74) is 0. The molecular weight excluding hydrogens is 196 g/mol.